The van der Waals surface area contributed by atoms with Crippen molar-refractivity contribution >= 4 is 5.69 Å². The lowest BCUT2D eigenvalue weighted by atomic mass is 10.0. The fourth-order valence-corrected chi connectivity index (χ4v) is 2.09. The Labute approximate surface area is 116 Å². The second kappa shape index (κ2) is 8.92. The summed E-state index contributed by atoms with van der Waals surface area (Å²) < 4.78 is 13.5. The van der Waals surface area contributed by atoms with Gasteiger partial charge in [0.2, 0.25) is 0 Å². The monoisotopic (exact) mass is 266 g/mol. The third-order valence-corrected chi connectivity index (χ3v) is 3.28. The summed E-state index contributed by atoms with van der Waals surface area (Å²) in [5.41, 5.74) is 6.68. The Kier molecular flexibility index (Phi) is 7.49. The molecule has 1 aromatic carbocycles. The van der Waals surface area contributed by atoms with E-state index in [0.29, 0.717) is 17.8 Å². The molecule has 0 saturated carbocycles. The predicted molar refractivity (Wildman–Crippen MR) is 80.4 cm³/mol. The molecule has 0 spiro atoms. The van der Waals surface area contributed by atoms with Crippen molar-refractivity contribution in [2.24, 2.45) is 5.92 Å². The van der Waals surface area contributed by atoms with Crippen molar-refractivity contribution in [3.8, 4) is 0 Å². The maximum absolute atomic E-state index is 13.5. The van der Waals surface area contributed by atoms with Gasteiger partial charge in [-0.15, -0.1) is 0 Å². The van der Waals surface area contributed by atoms with Crippen molar-refractivity contribution in [1.82, 2.24) is 5.32 Å². The molecule has 0 aliphatic carbocycles. The molecule has 0 unspecified atom stereocenters. The molecule has 0 saturated heterocycles. The molecule has 0 aromatic heterocycles. The van der Waals surface area contributed by atoms with Crippen LogP contribution in [0.4, 0.5) is 10.1 Å². The second-order valence-electron chi connectivity index (χ2n) is 5.62. The highest BCUT2D eigenvalue weighted by molar-refractivity contribution is 5.40. The first-order valence-corrected chi connectivity index (χ1v) is 7.34. The molecule has 0 bridgehead atoms. The van der Waals surface area contributed by atoms with E-state index in [1.54, 1.807) is 12.1 Å². The number of benzene rings is 1. The second-order valence-corrected chi connectivity index (χ2v) is 5.62. The van der Waals surface area contributed by atoms with Gasteiger partial charge in [0.15, 0.2) is 0 Å². The number of rotatable bonds is 9. The van der Waals surface area contributed by atoms with Crippen LogP contribution in [0.15, 0.2) is 18.2 Å². The molecule has 0 aliphatic heterocycles. The number of unbranched alkanes of at least 4 members (excludes halogenated alkanes) is 3. The Morgan fingerprint density at radius 1 is 1.16 bits per heavy atom. The fraction of sp³-hybridized carbons (Fsp3) is 0.625. The smallest absolute Gasteiger partial charge is 0.129 e. The van der Waals surface area contributed by atoms with E-state index >= 15 is 0 Å². The van der Waals surface area contributed by atoms with E-state index in [2.05, 4.69) is 19.2 Å². The SMILES string of the molecule is CC(C)CCCCCCNCc1ccc(N)cc1F. The molecule has 3 N–H and O–H groups in total. The highest BCUT2D eigenvalue weighted by Gasteiger charge is 2.01. The van der Waals surface area contributed by atoms with Gasteiger partial charge in [0, 0.05) is 17.8 Å². The van der Waals surface area contributed by atoms with Crippen LogP contribution >= 0.6 is 0 Å². The van der Waals surface area contributed by atoms with E-state index in [-0.39, 0.29) is 5.82 Å². The van der Waals surface area contributed by atoms with Crippen molar-refractivity contribution in [2.45, 2.75) is 52.5 Å². The summed E-state index contributed by atoms with van der Waals surface area (Å²) in [6.45, 7) is 6.06. The maximum Gasteiger partial charge on any atom is 0.129 e. The summed E-state index contributed by atoms with van der Waals surface area (Å²) in [5.74, 6) is 0.594. The average molecular weight is 266 g/mol. The van der Waals surface area contributed by atoms with E-state index in [4.69, 9.17) is 5.73 Å². The van der Waals surface area contributed by atoms with Crippen LogP contribution in [0.3, 0.4) is 0 Å². The normalized spacial score (nSPS) is 11.2. The molecule has 3 heteroatoms. The Balaban J connectivity index is 2.04. The minimum absolute atomic E-state index is 0.218. The maximum atomic E-state index is 13.5. The Morgan fingerprint density at radius 3 is 2.58 bits per heavy atom. The summed E-state index contributed by atoms with van der Waals surface area (Å²) >= 11 is 0. The van der Waals surface area contributed by atoms with Crippen LogP contribution in [0.1, 0.15) is 51.5 Å². The largest absolute Gasteiger partial charge is 0.399 e. The lowest BCUT2D eigenvalue weighted by Crippen LogP contribution is -2.15. The van der Waals surface area contributed by atoms with Gasteiger partial charge in [0.25, 0.3) is 0 Å². The first kappa shape index (κ1) is 16.0. The molecule has 19 heavy (non-hydrogen) atoms. The highest BCUT2D eigenvalue weighted by atomic mass is 19.1. The molecule has 1 aromatic rings. The molecule has 108 valence electrons. The number of hydrogen-bond acceptors (Lipinski definition) is 2. The molecule has 0 atom stereocenters. The van der Waals surface area contributed by atoms with Crippen LogP contribution in [0.5, 0.6) is 0 Å². The summed E-state index contributed by atoms with van der Waals surface area (Å²) in [4.78, 5) is 0. The van der Waals surface area contributed by atoms with E-state index in [1.165, 1.54) is 31.7 Å². The zero-order chi connectivity index (χ0) is 14.1. The van der Waals surface area contributed by atoms with E-state index < -0.39 is 0 Å². The van der Waals surface area contributed by atoms with Gasteiger partial charge in [-0.05, 0) is 31.0 Å². The highest BCUT2D eigenvalue weighted by Crippen LogP contribution is 2.12. The Morgan fingerprint density at radius 2 is 1.89 bits per heavy atom. The van der Waals surface area contributed by atoms with E-state index in [1.807, 2.05) is 0 Å². The number of nitrogens with one attached hydrogen (secondary N) is 1. The number of hydrogen-bond donors (Lipinski definition) is 2. The summed E-state index contributed by atoms with van der Waals surface area (Å²) in [5, 5.41) is 3.28. The predicted octanol–water partition coefficient (Wildman–Crippen LogP) is 4.10. The summed E-state index contributed by atoms with van der Waals surface area (Å²) in [6, 6.07) is 4.87. The molecule has 1 rings (SSSR count). The zero-order valence-corrected chi connectivity index (χ0v) is 12.2. The molecule has 0 aliphatic rings. The lowest BCUT2D eigenvalue weighted by molar-refractivity contribution is 0.510. The van der Waals surface area contributed by atoms with Gasteiger partial charge in [-0.1, -0.05) is 45.6 Å². The molecule has 0 radical (unpaired) electrons. The van der Waals surface area contributed by atoms with Gasteiger partial charge in [-0.25, -0.2) is 4.39 Å². The quantitative estimate of drug-likeness (QED) is 0.521. The van der Waals surface area contributed by atoms with Crippen LogP contribution in [0.2, 0.25) is 0 Å². The van der Waals surface area contributed by atoms with Gasteiger partial charge in [0.1, 0.15) is 5.82 Å². The third-order valence-electron chi connectivity index (χ3n) is 3.28. The minimum Gasteiger partial charge on any atom is -0.399 e. The molecule has 0 fully saturated rings. The summed E-state index contributed by atoms with van der Waals surface area (Å²) in [6.07, 6.45) is 6.36. The summed E-state index contributed by atoms with van der Waals surface area (Å²) in [7, 11) is 0. The molecule has 0 heterocycles. The molecule has 0 amide bonds. The molecule has 2 nitrogen and oxygen atoms in total. The van der Waals surface area contributed by atoms with Gasteiger partial charge < -0.3 is 11.1 Å². The van der Waals surface area contributed by atoms with Crippen LogP contribution in [-0.2, 0) is 6.54 Å². The van der Waals surface area contributed by atoms with Crippen molar-refractivity contribution in [1.29, 1.82) is 0 Å². The van der Waals surface area contributed by atoms with Gasteiger partial charge >= 0.3 is 0 Å². The first-order valence-electron chi connectivity index (χ1n) is 7.34. The van der Waals surface area contributed by atoms with E-state index in [9.17, 15) is 4.39 Å². The van der Waals surface area contributed by atoms with E-state index in [0.717, 1.165) is 18.9 Å². The Hall–Kier alpha value is -1.09. The molecular weight excluding hydrogens is 239 g/mol. The number of nitrogens with two attached hydrogens (primary N) is 1. The van der Waals surface area contributed by atoms with Crippen LogP contribution in [0.25, 0.3) is 0 Å². The van der Waals surface area contributed by atoms with Crippen LogP contribution < -0.4 is 11.1 Å². The minimum atomic E-state index is -0.218. The average Bonchev–Trinajstić information content (AvgIpc) is 2.34. The zero-order valence-electron chi connectivity index (χ0n) is 12.2. The Bertz CT molecular complexity index is 364. The topological polar surface area (TPSA) is 38.0 Å². The third kappa shape index (κ3) is 7.16. The van der Waals surface area contributed by atoms with Gasteiger partial charge in [0.05, 0.1) is 0 Å². The molecular formula is C16H27FN2. The van der Waals surface area contributed by atoms with Crippen LogP contribution in [-0.4, -0.2) is 6.54 Å². The standard InChI is InChI=1S/C16H27FN2/c1-13(2)7-5-3-4-6-10-19-12-14-8-9-15(18)11-16(14)17/h8-9,11,13,19H,3-7,10,12,18H2,1-2H3. The van der Waals surface area contributed by atoms with Crippen LogP contribution in [0, 0.1) is 11.7 Å². The van der Waals surface area contributed by atoms with Crippen molar-refractivity contribution in [2.75, 3.05) is 12.3 Å². The first-order chi connectivity index (χ1) is 9.09. The lowest BCUT2D eigenvalue weighted by Gasteiger charge is -2.07. The van der Waals surface area contributed by atoms with Gasteiger partial charge in [-0.2, -0.15) is 0 Å². The van der Waals surface area contributed by atoms with Crippen molar-refractivity contribution in [3.63, 3.8) is 0 Å². The fourth-order valence-electron chi connectivity index (χ4n) is 2.09. The number of halogens is 1. The van der Waals surface area contributed by atoms with Crippen molar-refractivity contribution < 1.29 is 4.39 Å². The number of anilines is 1. The van der Waals surface area contributed by atoms with Gasteiger partial charge in [-0.3, -0.25) is 0 Å². The number of nitrogen functional groups attached to an aromatic ring is 1. The van der Waals surface area contributed by atoms with Crippen molar-refractivity contribution in [3.05, 3.63) is 29.6 Å².